The topological polar surface area (TPSA) is 324 Å². The summed E-state index contributed by atoms with van der Waals surface area (Å²) in [5.41, 5.74) is 2.55. The summed E-state index contributed by atoms with van der Waals surface area (Å²) in [6.45, 7) is -0.568. The number of hydrogen-bond donors (Lipinski definition) is 6. The molecule has 308 valence electrons. The minimum absolute atomic E-state index is 0. The van der Waals surface area contributed by atoms with Gasteiger partial charge >= 0.3 is 0 Å². The van der Waals surface area contributed by atoms with E-state index < -0.39 is 49.1 Å². The Bertz CT molecular complexity index is 1630. The average Bonchev–Trinajstić information content (AvgIpc) is 3.95. The van der Waals surface area contributed by atoms with Crippen LogP contribution in [0.25, 0.3) is 22.3 Å². The zero-order valence-corrected chi connectivity index (χ0v) is 31.1. The molecule has 0 radical (unpaired) electrons. The lowest BCUT2D eigenvalue weighted by molar-refractivity contribution is -0.0583. The van der Waals surface area contributed by atoms with Crippen LogP contribution in [-0.2, 0) is 18.9 Å². The second-order valence-corrected chi connectivity index (χ2v) is 13.9. The molecule has 8 atom stereocenters. The highest BCUT2D eigenvalue weighted by atomic mass is 16.6. The van der Waals surface area contributed by atoms with Crippen LogP contribution in [0.15, 0.2) is 25.3 Å². The molecule has 0 bridgehead atoms. The Kier molecular flexibility index (Phi) is 15.9. The quantitative estimate of drug-likeness (QED) is 0.115. The van der Waals surface area contributed by atoms with Gasteiger partial charge in [-0.15, -0.1) is 0 Å². The third-order valence-electron chi connectivity index (χ3n) is 10.7. The zero-order valence-electron chi connectivity index (χ0n) is 31.1. The molecule has 4 aliphatic rings. The average molecular weight is 781 g/mol. The standard InChI is InChI=1S/2C17H25N5O4.3H2O/c2*1-25-14-13(24)11(7-23)26-17(14)22-9-20-12-15(18-8-19-16(12)22)21-10-5-3-2-4-6-10;;;/h2*8-11,13-14,17,23-24H,2-7H2,1H3,(H,18,19,21);3*1H2. The number of imidazole rings is 2. The van der Waals surface area contributed by atoms with Gasteiger partial charge < -0.3 is 66.4 Å². The molecular weight excluding hydrogens is 724 g/mol. The van der Waals surface area contributed by atoms with Crippen molar-refractivity contribution >= 4 is 34.0 Å². The number of methoxy groups -OCH3 is 2. The molecule has 8 rings (SSSR count). The Morgan fingerprint density at radius 3 is 1.35 bits per heavy atom. The van der Waals surface area contributed by atoms with Crippen LogP contribution < -0.4 is 10.6 Å². The van der Waals surface area contributed by atoms with Gasteiger partial charge in [0.15, 0.2) is 46.4 Å². The Morgan fingerprint density at radius 2 is 1.00 bits per heavy atom. The molecular formula is C34H56N10O11. The number of rotatable bonds is 10. The molecule has 21 nitrogen and oxygen atoms in total. The maximum Gasteiger partial charge on any atom is 0.167 e. The van der Waals surface area contributed by atoms with Gasteiger partial charge in [0.05, 0.1) is 25.9 Å². The summed E-state index contributed by atoms with van der Waals surface area (Å²) in [7, 11) is 3.02. The number of aliphatic hydroxyl groups excluding tert-OH is 4. The third-order valence-corrected chi connectivity index (χ3v) is 10.7. The van der Waals surface area contributed by atoms with Crippen molar-refractivity contribution in [3.05, 3.63) is 25.3 Å². The van der Waals surface area contributed by atoms with Crippen molar-refractivity contribution in [3.8, 4) is 0 Å². The molecule has 8 unspecified atom stereocenters. The molecule has 2 aliphatic heterocycles. The van der Waals surface area contributed by atoms with Crippen molar-refractivity contribution in [2.24, 2.45) is 0 Å². The molecule has 2 aliphatic carbocycles. The number of anilines is 2. The molecule has 4 aromatic rings. The van der Waals surface area contributed by atoms with Gasteiger partial charge in [0.25, 0.3) is 0 Å². The Hall–Kier alpha value is -3.74. The van der Waals surface area contributed by atoms with Gasteiger partial charge in [-0.3, -0.25) is 9.13 Å². The summed E-state index contributed by atoms with van der Waals surface area (Å²) in [6.07, 6.45) is 12.5. The van der Waals surface area contributed by atoms with E-state index in [1.54, 1.807) is 21.8 Å². The molecule has 4 aromatic heterocycles. The lowest BCUT2D eigenvalue weighted by Crippen LogP contribution is -2.34. The van der Waals surface area contributed by atoms with Crippen LogP contribution in [0.2, 0.25) is 0 Å². The van der Waals surface area contributed by atoms with E-state index in [0.29, 0.717) is 46.0 Å². The monoisotopic (exact) mass is 780 g/mol. The molecule has 55 heavy (non-hydrogen) atoms. The number of nitrogens with one attached hydrogen (secondary N) is 2. The van der Waals surface area contributed by atoms with Gasteiger partial charge in [-0.2, -0.15) is 0 Å². The van der Waals surface area contributed by atoms with Crippen LogP contribution >= 0.6 is 0 Å². The van der Waals surface area contributed by atoms with E-state index in [0.717, 1.165) is 25.7 Å². The summed E-state index contributed by atoms with van der Waals surface area (Å²) < 4.78 is 25.8. The maximum atomic E-state index is 10.3. The molecule has 0 spiro atoms. The summed E-state index contributed by atoms with van der Waals surface area (Å²) in [4.78, 5) is 26.4. The number of aliphatic hydroxyl groups is 4. The van der Waals surface area contributed by atoms with Crippen molar-refractivity contribution in [2.75, 3.05) is 38.1 Å². The van der Waals surface area contributed by atoms with Crippen LogP contribution in [0.1, 0.15) is 76.7 Å². The lowest BCUT2D eigenvalue weighted by Gasteiger charge is -2.23. The fourth-order valence-electron chi connectivity index (χ4n) is 7.86. The Labute approximate surface area is 317 Å². The van der Waals surface area contributed by atoms with Crippen molar-refractivity contribution in [1.29, 1.82) is 0 Å². The fourth-order valence-corrected chi connectivity index (χ4v) is 7.86. The molecule has 12 N–H and O–H groups in total. The molecule has 2 saturated heterocycles. The Morgan fingerprint density at radius 1 is 0.618 bits per heavy atom. The van der Waals surface area contributed by atoms with Crippen LogP contribution in [0.5, 0.6) is 0 Å². The smallest absolute Gasteiger partial charge is 0.167 e. The van der Waals surface area contributed by atoms with E-state index in [4.69, 9.17) is 18.9 Å². The van der Waals surface area contributed by atoms with Gasteiger partial charge in [0.2, 0.25) is 0 Å². The van der Waals surface area contributed by atoms with E-state index in [9.17, 15) is 20.4 Å². The molecule has 21 heteroatoms. The van der Waals surface area contributed by atoms with Gasteiger partial charge in [0, 0.05) is 26.3 Å². The highest BCUT2D eigenvalue weighted by Gasteiger charge is 2.46. The number of fused-ring (bicyclic) bond motifs is 2. The normalized spacial score (nSPS) is 28.5. The lowest BCUT2D eigenvalue weighted by atomic mass is 9.95. The van der Waals surface area contributed by atoms with E-state index in [1.807, 2.05) is 0 Å². The van der Waals surface area contributed by atoms with E-state index in [-0.39, 0.29) is 29.6 Å². The molecule has 6 heterocycles. The second kappa shape index (κ2) is 19.9. The van der Waals surface area contributed by atoms with Crippen molar-refractivity contribution < 1.29 is 55.8 Å². The first-order valence-corrected chi connectivity index (χ1v) is 18.3. The van der Waals surface area contributed by atoms with Crippen molar-refractivity contribution in [3.63, 3.8) is 0 Å². The van der Waals surface area contributed by atoms with Gasteiger partial charge in [-0.05, 0) is 25.7 Å². The van der Waals surface area contributed by atoms with E-state index in [2.05, 4.69) is 40.5 Å². The molecule has 0 amide bonds. The van der Waals surface area contributed by atoms with Crippen LogP contribution in [0, 0.1) is 0 Å². The number of nitrogens with zero attached hydrogens (tertiary/aromatic N) is 8. The molecule has 2 saturated carbocycles. The van der Waals surface area contributed by atoms with Gasteiger partial charge in [-0.25, -0.2) is 29.9 Å². The van der Waals surface area contributed by atoms with Gasteiger partial charge in [0.1, 0.15) is 49.3 Å². The van der Waals surface area contributed by atoms with Crippen LogP contribution in [0.3, 0.4) is 0 Å². The van der Waals surface area contributed by atoms with Crippen LogP contribution in [-0.4, -0.2) is 152 Å². The number of hydrogen-bond acceptors (Lipinski definition) is 16. The molecule has 0 aromatic carbocycles. The van der Waals surface area contributed by atoms with Gasteiger partial charge in [-0.1, -0.05) is 38.5 Å². The first kappa shape index (κ1) is 44.0. The number of aromatic nitrogens is 8. The first-order valence-electron chi connectivity index (χ1n) is 18.3. The van der Waals surface area contributed by atoms with Crippen molar-refractivity contribution in [2.45, 2.75) is 125 Å². The van der Waals surface area contributed by atoms with E-state index >= 15 is 0 Å². The van der Waals surface area contributed by atoms with E-state index in [1.165, 1.54) is 65.4 Å². The predicted molar refractivity (Wildman–Crippen MR) is 198 cm³/mol. The zero-order chi connectivity index (χ0) is 36.2. The highest BCUT2D eigenvalue weighted by Crippen LogP contribution is 2.36. The number of ether oxygens (including phenoxy) is 4. The Balaban J connectivity index is 0.000000232. The second-order valence-electron chi connectivity index (χ2n) is 13.9. The predicted octanol–water partition coefficient (Wildman–Crippen LogP) is -0.801. The maximum absolute atomic E-state index is 10.3. The minimum Gasteiger partial charge on any atom is -0.412 e. The third kappa shape index (κ3) is 8.97. The largest absolute Gasteiger partial charge is 0.412 e. The summed E-state index contributed by atoms with van der Waals surface area (Å²) >= 11 is 0. The molecule has 4 fully saturated rings. The van der Waals surface area contributed by atoms with Crippen molar-refractivity contribution in [1.82, 2.24) is 39.0 Å². The van der Waals surface area contributed by atoms with Crippen LogP contribution in [0.4, 0.5) is 11.6 Å². The summed E-state index contributed by atoms with van der Waals surface area (Å²) in [5, 5.41) is 46.3. The fraction of sp³-hybridized carbons (Fsp3) is 0.706. The first-order chi connectivity index (χ1) is 25.4. The highest BCUT2D eigenvalue weighted by molar-refractivity contribution is 5.83. The SMILES string of the molecule is COC1C(O)C(CO)OC1n1cnc2c(NC3CCCCC3)ncnc21.COC1C(O)C(CO)OC1n1cnc2c(NC3CCCCC3)ncnc21.O.O.O. The summed E-state index contributed by atoms with van der Waals surface area (Å²) in [6, 6.07) is 0.809. The summed E-state index contributed by atoms with van der Waals surface area (Å²) in [5.74, 6) is 1.43. The minimum atomic E-state index is -0.922.